The van der Waals surface area contributed by atoms with Crippen molar-refractivity contribution in [1.29, 1.82) is 0 Å². The number of aliphatic hydroxyl groups is 1. The summed E-state index contributed by atoms with van der Waals surface area (Å²) in [4.78, 5) is 21.0. The molecule has 0 aliphatic rings. The predicted molar refractivity (Wildman–Crippen MR) is 149 cm³/mol. The van der Waals surface area contributed by atoms with Gasteiger partial charge in [-0.3, -0.25) is 0 Å². The first-order valence-corrected chi connectivity index (χ1v) is 15.7. The molecule has 4 rings (SSSR count). The summed E-state index contributed by atoms with van der Waals surface area (Å²) in [5.74, 6) is -0.798. The second kappa shape index (κ2) is 12.9. The van der Waals surface area contributed by atoms with Gasteiger partial charge in [0.1, 0.15) is 0 Å². The van der Waals surface area contributed by atoms with E-state index in [2.05, 4.69) is 46.2 Å². The van der Waals surface area contributed by atoms with Crippen LogP contribution in [-0.4, -0.2) is 45.5 Å². The van der Waals surface area contributed by atoms with Crippen molar-refractivity contribution in [2.45, 2.75) is 4.90 Å². The van der Waals surface area contributed by atoms with Crippen LogP contribution < -0.4 is 15.9 Å². The minimum atomic E-state index is -4.09. The first kappa shape index (κ1) is 27.6. The van der Waals surface area contributed by atoms with E-state index < -0.39 is 23.3 Å². The summed E-state index contributed by atoms with van der Waals surface area (Å²) < 4.78 is 31.6. The summed E-state index contributed by atoms with van der Waals surface area (Å²) in [6.45, 7) is -0.484. The van der Waals surface area contributed by atoms with E-state index in [4.69, 9.17) is 9.29 Å². The molecule has 38 heavy (non-hydrogen) atoms. The molecule has 0 fully saturated rings. The third kappa shape index (κ3) is 6.35. The average Bonchev–Trinajstić information content (AvgIpc) is 2.97. The molecule has 4 aromatic rings. The fraction of sp³-hybridized carbons (Fsp3) is 0.138. The Morgan fingerprint density at radius 2 is 1.16 bits per heavy atom. The van der Waals surface area contributed by atoms with E-state index in [1.54, 1.807) is 0 Å². The van der Waals surface area contributed by atoms with Gasteiger partial charge in [-0.05, 0) is 0 Å². The summed E-state index contributed by atoms with van der Waals surface area (Å²) in [5.41, 5.74) is 0.102. The molecule has 0 heterocycles. The van der Waals surface area contributed by atoms with Gasteiger partial charge in [0.15, 0.2) is 0 Å². The number of hydrogen-bond donors (Lipinski definition) is 1. The quantitative estimate of drug-likeness (QED) is 0.0948. The molecule has 0 amide bonds. The maximum absolute atomic E-state index is 13.0. The van der Waals surface area contributed by atoms with Crippen LogP contribution in [0.4, 0.5) is 0 Å². The average molecular weight is 553 g/mol. The number of carbonyl (C=O) groups excluding carboxylic acids is 1. The van der Waals surface area contributed by atoms with E-state index in [0.717, 1.165) is 15.9 Å². The fourth-order valence-corrected chi connectivity index (χ4v) is 10.0. The molecule has 0 aliphatic carbocycles. The number of hydrogen-bond acceptors (Lipinski definition) is 7. The number of benzene rings is 4. The molecule has 7 nitrogen and oxygen atoms in total. The third-order valence-electron chi connectivity index (χ3n) is 6.20. The Hall–Kier alpha value is -3.39. The van der Waals surface area contributed by atoms with E-state index in [0.29, 0.717) is 6.16 Å². The van der Waals surface area contributed by atoms with Gasteiger partial charge in [0.2, 0.25) is 0 Å². The molecule has 0 saturated heterocycles. The van der Waals surface area contributed by atoms with E-state index in [9.17, 15) is 13.2 Å². The van der Waals surface area contributed by atoms with Crippen LogP contribution in [0.2, 0.25) is 0 Å². The molecule has 0 aliphatic heterocycles. The van der Waals surface area contributed by atoms with E-state index in [-0.39, 0.29) is 30.3 Å². The molecule has 0 saturated carbocycles. The van der Waals surface area contributed by atoms with Crippen LogP contribution in [0.15, 0.2) is 120 Å². The Morgan fingerprint density at radius 3 is 1.61 bits per heavy atom. The van der Waals surface area contributed by atoms with Gasteiger partial charge in [0.05, 0.1) is 6.61 Å². The van der Waals surface area contributed by atoms with Gasteiger partial charge in [0, 0.05) is 0 Å². The predicted octanol–water partition coefficient (Wildman–Crippen LogP) is 3.20. The van der Waals surface area contributed by atoms with E-state index in [1.807, 2.05) is 54.6 Å². The standard InChI is InChI=1S/C29H29O7PS/c30-20-21-34-36-29(31)24-16-18-28(19-17-24)38(32,33)35-22-23-37(25-10-4-1-5-11-25,26-12-6-2-7-13-26)27-14-8-3-9-15-27/h1-19,30,37H,20-23H2. The summed E-state index contributed by atoms with van der Waals surface area (Å²) in [6, 6.07) is 35.7. The third-order valence-corrected chi connectivity index (χ3v) is 12.4. The first-order chi connectivity index (χ1) is 18.5. The van der Waals surface area contributed by atoms with Gasteiger partial charge in [-0.1, -0.05) is 0 Å². The zero-order valence-electron chi connectivity index (χ0n) is 20.6. The summed E-state index contributed by atoms with van der Waals surface area (Å²) >= 11 is 0. The topological polar surface area (TPSA) is 99.1 Å². The van der Waals surface area contributed by atoms with Crippen LogP contribution in [-0.2, 0) is 24.1 Å². The Balaban J connectivity index is 1.59. The molecule has 0 bridgehead atoms. The van der Waals surface area contributed by atoms with Crippen molar-refractivity contribution in [2.24, 2.45) is 0 Å². The van der Waals surface area contributed by atoms with Crippen molar-refractivity contribution < 1.29 is 32.3 Å². The van der Waals surface area contributed by atoms with Gasteiger partial charge < -0.3 is 5.11 Å². The maximum atomic E-state index is 13.0. The number of rotatable bonds is 12. The van der Waals surface area contributed by atoms with Gasteiger partial charge >= 0.3 is 212 Å². The Morgan fingerprint density at radius 1 is 0.684 bits per heavy atom. The zero-order chi connectivity index (χ0) is 26.8. The summed E-state index contributed by atoms with van der Waals surface area (Å²) in [7, 11) is -6.73. The zero-order valence-corrected chi connectivity index (χ0v) is 22.4. The van der Waals surface area contributed by atoms with Crippen LogP contribution >= 0.6 is 7.26 Å². The van der Waals surface area contributed by atoms with Gasteiger partial charge in [-0.15, -0.1) is 0 Å². The molecule has 4 aromatic carbocycles. The molecule has 0 atom stereocenters. The Labute approximate surface area is 223 Å². The van der Waals surface area contributed by atoms with Crippen molar-refractivity contribution in [3.8, 4) is 0 Å². The molecule has 198 valence electrons. The van der Waals surface area contributed by atoms with Crippen molar-refractivity contribution in [2.75, 3.05) is 26.0 Å². The normalized spacial score (nSPS) is 12.1. The number of aliphatic hydroxyl groups excluding tert-OH is 1. The molecule has 1 N–H and O–H groups in total. The molecule has 0 unspecified atom stereocenters. The Kier molecular flexibility index (Phi) is 9.39. The van der Waals surface area contributed by atoms with Gasteiger partial charge in [0.25, 0.3) is 0 Å². The van der Waals surface area contributed by atoms with Crippen molar-refractivity contribution in [3.63, 3.8) is 0 Å². The minimum absolute atomic E-state index is 0.0218. The molecule has 0 aromatic heterocycles. The van der Waals surface area contributed by atoms with Crippen LogP contribution in [0.25, 0.3) is 0 Å². The second-order valence-corrected chi connectivity index (χ2v) is 14.1. The fourth-order valence-electron chi connectivity index (χ4n) is 4.41. The monoisotopic (exact) mass is 552 g/mol. The van der Waals surface area contributed by atoms with Crippen LogP contribution in [0.5, 0.6) is 0 Å². The molecule has 9 heteroatoms. The SMILES string of the molecule is O=C(OOCCO)c1ccc(S(=O)(=O)OCC[PH](c2ccccc2)(c2ccccc2)c2ccccc2)cc1. The molecule has 0 spiro atoms. The molecule has 0 radical (unpaired) electrons. The van der Waals surface area contributed by atoms with Crippen LogP contribution in [0.1, 0.15) is 10.4 Å². The van der Waals surface area contributed by atoms with Crippen LogP contribution in [0, 0.1) is 0 Å². The molecular weight excluding hydrogens is 523 g/mol. The van der Waals surface area contributed by atoms with E-state index >= 15 is 0 Å². The van der Waals surface area contributed by atoms with Crippen molar-refractivity contribution >= 4 is 39.3 Å². The summed E-state index contributed by atoms with van der Waals surface area (Å²) in [6.07, 6.45) is 0.497. The Bertz CT molecular complexity index is 1320. The second-order valence-electron chi connectivity index (χ2n) is 8.47. The number of carbonyl (C=O) groups is 1. The summed E-state index contributed by atoms with van der Waals surface area (Å²) in [5, 5.41) is 12.2. The van der Waals surface area contributed by atoms with Crippen molar-refractivity contribution in [3.05, 3.63) is 121 Å². The van der Waals surface area contributed by atoms with Crippen molar-refractivity contribution in [1.82, 2.24) is 0 Å². The van der Waals surface area contributed by atoms with Gasteiger partial charge in [-0.2, -0.15) is 0 Å². The van der Waals surface area contributed by atoms with Crippen LogP contribution in [0.3, 0.4) is 0 Å². The van der Waals surface area contributed by atoms with Gasteiger partial charge in [-0.25, -0.2) is 0 Å². The van der Waals surface area contributed by atoms with E-state index in [1.165, 1.54) is 24.3 Å². The first-order valence-electron chi connectivity index (χ1n) is 12.1. The molecular formula is C29H29O7PS.